The van der Waals surface area contributed by atoms with Gasteiger partial charge in [-0.05, 0) is 135 Å². The maximum Gasteiger partial charge on any atom is 0.408 e. The molecule has 4 fully saturated rings. The number of alkyl carbamates (subject to hydrolysis) is 1. The van der Waals surface area contributed by atoms with Gasteiger partial charge in [0.15, 0.2) is 0 Å². The number of benzene rings is 1. The van der Waals surface area contributed by atoms with Crippen LogP contribution in [-0.4, -0.2) is 46.9 Å². The van der Waals surface area contributed by atoms with E-state index in [9.17, 15) is 24.6 Å². The minimum atomic E-state index is -1.10. The number of carboxylic acid groups (broad SMARTS) is 1. The Bertz CT molecular complexity index is 1190. The second-order valence-corrected chi connectivity index (χ2v) is 15.8. The monoisotopic (exact) mass is 638 g/mol. The van der Waals surface area contributed by atoms with Crippen molar-refractivity contribution in [1.82, 2.24) is 10.6 Å². The molecule has 0 spiro atoms. The summed E-state index contributed by atoms with van der Waals surface area (Å²) in [7, 11) is 0. The molecule has 4 N–H and O–H groups in total. The molecule has 0 aromatic heterocycles. The number of fused-ring (bicyclic) bond motifs is 5. The van der Waals surface area contributed by atoms with Crippen LogP contribution in [0, 0.1) is 46.3 Å². The Morgan fingerprint density at radius 1 is 0.935 bits per heavy atom. The first-order valence-corrected chi connectivity index (χ1v) is 18.2. The highest BCUT2D eigenvalue weighted by Gasteiger charge is 2.60. The second kappa shape index (κ2) is 15.1. The van der Waals surface area contributed by atoms with E-state index < -0.39 is 18.1 Å². The molecule has 2 amide bonds. The van der Waals surface area contributed by atoms with Gasteiger partial charge in [-0.15, -0.1) is 0 Å². The van der Waals surface area contributed by atoms with E-state index in [0.717, 1.165) is 42.6 Å². The molecule has 4 aliphatic carbocycles. The molecule has 0 aliphatic heterocycles. The number of carbonyl (C=O) groups is 3. The van der Waals surface area contributed by atoms with Gasteiger partial charge in [0.25, 0.3) is 0 Å². The van der Waals surface area contributed by atoms with Gasteiger partial charge in [-0.3, -0.25) is 4.79 Å². The minimum Gasteiger partial charge on any atom is -0.480 e. The number of aliphatic hydroxyl groups is 1. The molecule has 46 heavy (non-hydrogen) atoms. The third kappa shape index (κ3) is 7.74. The molecule has 0 saturated heterocycles. The second-order valence-electron chi connectivity index (χ2n) is 15.8. The molecule has 4 saturated carbocycles. The summed E-state index contributed by atoms with van der Waals surface area (Å²) in [6.45, 7) is 8.08. The minimum absolute atomic E-state index is 0.0680. The maximum absolute atomic E-state index is 12.7. The number of hydrogen-bond acceptors (Lipinski definition) is 5. The van der Waals surface area contributed by atoms with Crippen molar-refractivity contribution < 1.29 is 29.3 Å². The van der Waals surface area contributed by atoms with Crippen molar-refractivity contribution in [1.29, 1.82) is 0 Å². The molecule has 0 bridgehead atoms. The van der Waals surface area contributed by atoms with Gasteiger partial charge in [-0.1, -0.05) is 51.1 Å². The Hall–Kier alpha value is -2.61. The number of ether oxygens (including phenoxy) is 1. The number of aliphatic carboxylic acids is 1. The summed E-state index contributed by atoms with van der Waals surface area (Å²) in [4.78, 5) is 36.5. The van der Waals surface area contributed by atoms with Crippen molar-refractivity contribution in [3.05, 3.63) is 35.9 Å². The van der Waals surface area contributed by atoms with Crippen LogP contribution in [0.15, 0.2) is 30.3 Å². The van der Waals surface area contributed by atoms with Gasteiger partial charge < -0.3 is 25.6 Å². The number of carboxylic acids is 1. The van der Waals surface area contributed by atoms with Crippen LogP contribution in [0.1, 0.15) is 116 Å². The molecule has 256 valence electrons. The molecule has 8 nitrogen and oxygen atoms in total. The molecular formula is C38H58N2O6. The van der Waals surface area contributed by atoms with Crippen LogP contribution in [0.5, 0.6) is 0 Å². The van der Waals surface area contributed by atoms with Gasteiger partial charge in [0.2, 0.25) is 5.91 Å². The fraction of sp³-hybridized carbons (Fsp3) is 0.763. The summed E-state index contributed by atoms with van der Waals surface area (Å²) in [5.41, 5.74) is 1.61. The van der Waals surface area contributed by atoms with Gasteiger partial charge in [0, 0.05) is 13.0 Å². The molecule has 8 heteroatoms. The zero-order chi connectivity index (χ0) is 32.9. The third-order valence-electron chi connectivity index (χ3n) is 13.3. The van der Waals surface area contributed by atoms with Gasteiger partial charge in [-0.2, -0.15) is 0 Å². The molecule has 4 aliphatic rings. The Labute approximate surface area is 275 Å². The van der Waals surface area contributed by atoms with E-state index in [1.165, 1.54) is 44.9 Å². The summed E-state index contributed by atoms with van der Waals surface area (Å²) in [5, 5.41) is 25.4. The van der Waals surface area contributed by atoms with E-state index in [0.29, 0.717) is 54.4 Å². The van der Waals surface area contributed by atoms with Gasteiger partial charge in [-0.25, -0.2) is 9.59 Å². The Balaban J connectivity index is 0.999. The topological polar surface area (TPSA) is 125 Å². The first kappa shape index (κ1) is 34.7. The lowest BCUT2D eigenvalue weighted by atomic mass is 9.44. The molecule has 1 aromatic rings. The first-order chi connectivity index (χ1) is 22.0. The molecule has 10 atom stereocenters. The predicted molar refractivity (Wildman–Crippen MR) is 178 cm³/mol. The Kier molecular flexibility index (Phi) is 11.4. The van der Waals surface area contributed by atoms with E-state index in [-0.39, 0.29) is 25.0 Å². The highest BCUT2D eigenvalue weighted by Crippen LogP contribution is 2.68. The highest BCUT2D eigenvalue weighted by atomic mass is 16.5. The van der Waals surface area contributed by atoms with Crippen molar-refractivity contribution in [2.75, 3.05) is 6.54 Å². The van der Waals surface area contributed by atoms with Crippen molar-refractivity contribution in [3.8, 4) is 0 Å². The number of nitrogens with one attached hydrogen (secondary N) is 2. The molecule has 0 radical (unpaired) electrons. The lowest BCUT2D eigenvalue weighted by Gasteiger charge is -2.61. The average Bonchev–Trinajstić information content (AvgIpc) is 3.40. The fourth-order valence-corrected chi connectivity index (χ4v) is 10.7. The van der Waals surface area contributed by atoms with Crippen molar-refractivity contribution in [2.45, 2.75) is 129 Å². The smallest absolute Gasteiger partial charge is 0.408 e. The first-order valence-electron chi connectivity index (χ1n) is 18.2. The van der Waals surface area contributed by atoms with Gasteiger partial charge >= 0.3 is 12.1 Å². The van der Waals surface area contributed by atoms with E-state index in [2.05, 4.69) is 31.4 Å². The normalized spacial score (nSPS) is 34.7. The van der Waals surface area contributed by atoms with Crippen LogP contribution < -0.4 is 10.6 Å². The SMILES string of the molecule is CC(CCC(=O)NCCCCC(NC(=O)OCc1ccccc1)C(=O)O)C1CCC2C3CCC4CC(O)CCC4(C)C3CCC12C. The summed E-state index contributed by atoms with van der Waals surface area (Å²) < 4.78 is 5.16. The lowest BCUT2D eigenvalue weighted by Crippen LogP contribution is -2.54. The van der Waals surface area contributed by atoms with E-state index >= 15 is 0 Å². The highest BCUT2D eigenvalue weighted by molar-refractivity contribution is 5.79. The van der Waals surface area contributed by atoms with Crippen LogP contribution in [0.3, 0.4) is 0 Å². The summed E-state index contributed by atoms with van der Waals surface area (Å²) in [6, 6.07) is 8.21. The molecule has 10 unspecified atom stereocenters. The van der Waals surface area contributed by atoms with E-state index in [4.69, 9.17) is 4.74 Å². The standard InChI is InChI=1S/C38H58N2O6/c1-25(30-15-16-31-29-14-13-27-23-28(41)18-20-37(27,2)32(29)19-21-38(30,31)3)12-17-34(42)39-22-8-7-11-33(35(43)44)40-36(45)46-24-26-9-5-4-6-10-26/h4-6,9-10,25,27-33,41H,7-8,11-24H2,1-3H3,(H,39,42)(H,40,45)(H,43,44). The van der Waals surface area contributed by atoms with Crippen molar-refractivity contribution in [2.24, 2.45) is 46.3 Å². The Morgan fingerprint density at radius 2 is 1.67 bits per heavy atom. The molecule has 5 rings (SSSR count). The quantitative estimate of drug-likeness (QED) is 0.171. The number of unbranched alkanes of at least 4 members (excludes halogenated alkanes) is 1. The zero-order valence-corrected chi connectivity index (χ0v) is 28.3. The largest absolute Gasteiger partial charge is 0.480 e. The van der Waals surface area contributed by atoms with Gasteiger partial charge in [0.05, 0.1) is 6.10 Å². The lowest BCUT2D eigenvalue weighted by molar-refractivity contribution is -0.139. The third-order valence-corrected chi connectivity index (χ3v) is 13.3. The van der Waals surface area contributed by atoms with Crippen molar-refractivity contribution in [3.63, 3.8) is 0 Å². The number of hydrogen-bond donors (Lipinski definition) is 4. The fourth-order valence-electron chi connectivity index (χ4n) is 10.7. The maximum atomic E-state index is 12.7. The number of aliphatic hydroxyl groups excluding tert-OH is 1. The summed E-state index contributed by atoms with van der Waals surface area (Å²) in [5.74, 6) is 3.29. The molecule has 0 heterocycles. The van der Waals surface area contributed by atoms with Gasteiger partial charge in [0.1, 0.15) is 12.6 Å². The predicted octanol–water partition coefficient (Wildman–Crippen LogP) is 7.09. The summed E-state index contributed by atoms with van der Waals surface area (Å²) in [6.07, 6.45) is 13.1. The summed E-state index contributed by atoms with van der Waals surface area (Å²) >= 11 is 0. The number of carbonyl (C=O) groups excluding carboxylic acids is 2. The van der Waals surface area contributed by atoms with Crippen LogP contribution in [0.4, 0.5) is 4.79 Å². The van der Waals surface area contributed by atoms with Crippen LogP contribution >= 0.6 is 0 Å². The number of rotatable bonds is 13. The van der Waals surface area contributed by atoms with Crippen LogP contribution in [0.25, 0.3) is 0 Å². The van der Waals surface area contributed by atoms with Crippen LogP contribution in [0.2, 0.25) is 0 Å². The van der Waals surface area contributed by atoms with Crippen molar-refractivity contribution >= 4 is 18.0 Å². The zero-order valence-electron chi connectivity index (χ0n) is 28.3. The molecular weight excluding hydrogens is 580 g/mol. The van der Waals surface area contributed by atoms with E-state index in [1.807, 2.05) is 30.3 Å². The number of amides is 2. The molecule has 1 aromatic carbocycles. The average molecular weight is 639 g/mol. The van der Waals surface area contributed by atoms with E-state index in [1.54, 1.807) is 0 Å². The Morgan fingerprint density at radius 3 is 2.43 bits per heavy atom. The van der Waals surface area contributed by atoms with Crippen LogP contribution in [-0.2, 0) is 20.9 Å².